The highest BCUT2D eigenvalue weighted by Gasteiger charge is 1.94. The van der Waals surface area contributed by atoms with E-state index in [1.165, 1.54) is 0 Å². The highest BCUT2D eigenvalue weighted by atomic mass is 32.2. The first kappa shape index (κ1) is 4.16. The van der Waals surface area contributed by atoms with E-state index in [2.05, 4.69) is 0 Å². The van der Waals surface area contributed by atoms with E-state index in [1.807, 2.05) is 5.32 Å². The van der Waals surface area contributed by atoms with Crippen molar-refractivity contribution >= 4 is 11.8 Å². The van der Waals surface area contributed by atoms with Crippen LogP contribution in [0, 0.1) is 10.1 Å². The maximum Gasteiger partial charge on any atom is 0.263 e. The van der Waals surface area contributed by atoms with Gasteiger partial charge < -0.3 is 5.32 Å². The number of thioether (sulfide) groups is 1. The molecule has 0 saturated carbocycles. The fourth-order valence-electron chi connectivity index (χ4n) is 0.232. The van der Waals surface area contributed by atoms with Crippen molar-refractivity contribution in [3.8, 4) is 0 Å². The molecule has 0 aromatic heterocycles. The zero-order valence-electron chi connectivity index (χ0n) is 7.75. The third-order valence-corrected chi connectivity index (χ3v) is 1.21. The van der Waals surface area contributed by atoms with Crippen molar-refractivity contribution in [2.24, 2.45) is 0 Å². The summed E-state index contributed by atoms with van der Waals surface area (Å²) in [6.45, 7) is -2.38. The summed E-state index contributed by atoms with van der Waals surface area (Å²) in [6.07, 6.45) is 2.17. The Kier molecular flexibility index (Phi) is 1.94. The molecule has 0 spiro atoms. The second-order valence-electron chi connectivity index (χ2n) is 1.11. The Morgan fingerprint density at radius 1 is 2.11 bits per heavy atom. The molecule has 1 N–H and O–H groups in total. The minimum atomic E-state index is -2.38. The standard InChI is InChI=1S/C4H8N2O2S/c1-5-4(9-2)3-6(7)8/h3,5H,1-2H3/b4-3+/i1D3. The van der Waals surface area contributed by atoms with Gasteiger partial charge in [-0.2, -0.15) is 0 Å². The Morgan fingerprint density at radius 3 is 3.11 bits per heavy atom. The van der Waals surface area contributed by atoms with Crippen molar-refractivity contribution in [2.45, 2.75) is 0 Å². The van der Waals surface area contributed by atoms with E-state index in [-0.39, 0.29) is 5.03 Å². The molecule has 0 bridgehead atoms. The van der Waals surface area contributed by atoms with Gasteiger partial charge in [-0.15, -0.1) is 11.8 Å². The Morgan fingerprint density at radius 2 is 2.78 bits per heavy atom. The van der Waals surface area contributed by atoms with Gasteiger partial charge in [0.15, 0.2) is 0 Å². The minimum absolute atomic E-state index is 0.0139. The summed E-state index contributed by atoms with van der Waals surface area (Å²) in [7, 11) is 0. The number of rotatable bonds is 3. The summed E-state index contributed by atoms with van der Waals surface area (Å²) in [5.41, 5.74) is 0. The molecule has 0 aliphatic rings. The maximum absolute atomic E-state index is 9.95. The van der Waals surface area contributed by atoms with Gasteiger partial charge in [0.2, 0.25) is 0 Å². The molecule has 4 nitrogen and oxygen atoms in total. The van der Waals surface area contributed by atoms with Crippen LogP contribution >= 0.6 is 11.8 Å². The predicted octanol–water partition coefficient (Wildman–Crippen LogP) is 0.644. The van der Waals surface area contributed by atoms with Crippen molar-refractivity contribution < 1.29 is 9.04 Å². The molecule has 0 aromatic carbocycles. The van der Waals surface area contributed by atoms with E-state index in [0.29, 0.717) is 6.20 Å². The second kappa shape index (κ2) is 4.20. The molecule has 0 saturated heterocycles. The van der Waals surface area contributed by atoms with Gasteiger partial charge in [0, 0.05) is 11.1 Å². The van der Waals surface area contributed by atoms with Gasteiger partial charge in [-0.3, -0.25) is 10.1 Å². The summed E-state index contributed by atoms with van der Waals surface area (Å²) < 4.78 is 20.3. The van der Waals surface area contributed by atoms with E-state index < -0.39 is 11.9 Å². The Balaban J connectivity index is 4.28. The summed E-state index contributed by atoms with van der Waals surface area (Å²) >= 11 is 0.973. The highest BCUT2D eigenvalue weighted by molar-refractivity contribution is 8.02. The van der Waals surface area contributed by atoms with Gasteiger partial charge >= 0.3 is 0 Å². The summed E-state index contributed by atoms with van der Waals surface area (Å²) in [5, 5.41) is 12.0. The van der Waals surface area contributed by atoms with E-state index in [0.717, 1.165) is 11.8 Å². The fourth-order valence-corrected chi connectivity index (χ4v) is 0.525. The maximum atomic E-state index is 9.95. The zero-order chi connectivity index (χ0) is 9.78. The molecule has 5 heteroatoms. The monoisotopic (exact) mass is 151 g/mol. The molecule has 0 amide bonds. The van der Waals surface area contributed by atoms with Crippen molar-refractivity contribution in [3.63, 3.8) is 0 Å². The number of nitrogens with one attached hydrogen (secondary N) is 1. The van der Waals surface area contributed by atoms with E-state index in [1.54, 1.807) is 6.26 Å². The lowest BCUT2D eigenvalue weighted by atomic mass is 10.9. The lowest BCUT2D eigenvalue weighted by Gasteiger charge is -1.94. The van der Waals surface area contributed by atoms with Gasteiger partial charge in [0.05, 0.1) is 4.92 Å². The van der Waals surface area contributed by atoms with Crippen LogP contribution in [0.4, 0.5) is 0 Å². The lowest BCUT2D eigenvalue weighted by Crippen LogP contribution is -2.03. The van der Waals surface area contributed by atoms with Gasteiger partial charge in [-0.25, -0.2) is 0 Å². The van der Waals surface area contributed by atoms with Crippen LogP contribution < -0.4 is 5.32 Å². The molecule has 0 heterocycles. The largest absolute Gasteiger partial charge is 0.378 e. The van der Waals surface area contributed by atoms with Gasteiger partial charge in [-0.1, -0.05) is 0 Å². The molecular weight excluding hydrogens is 140 g/mol. The molecule has 52 valence electrons. The first-order chi connectivity index (χ1) is 5.35. The van der Waals surface area contributed by atoms with E-state index in [4.69, 9.17) is 4.11 Å². The van der Waals surface area contributed by atoms with Gasteiger partial charge in [0.1, 0.15) is 5.03 Å². The number of hydrogen-bond donors (Lipinski definition) is 1. The molecule has 0 rings (SSSR count). The van der Waals surface area contributed by atoms with Crippen LogP contribution in [0.25, 0.3) is 0 Å². The molecule has 0 fully saturated rings. The van der Waals surface area contributed by atoms with E-state index in [9.17, 15) is 10.1 Å². The van der Waals surface area contributed by atoms with Crippen LogP contribution in [0.1, 0.15) is 4.11 Å². The van der Waals surface area contributed by atoms with Crippen molar-refractivity contribution in [2.75, 3.05) is 13.2 Å². The van der Waals surface area contributed by atoms with Crippen molar-refractivity contribution in [3.05, 3.63) is 21.3 Å². The first-order valence-electron chi connectivity index (χ1n) is 3.52. The molecule has 0 aliphatic carbocycles. The molecular formula is C4H8N2O2S. The highest BCUT2D eigenvalue weighted by Crippen LogP contribution is 2.04. The number of nitrogens with zero attached hydrogens (tertiary/aromatic N) is 1. The van der Waals surface area contributed by atoms with Gasteiger partial charge in [-0.05, 0) is 6.26 Å². The summed E-state index contributed by atoms with van der Waals surface area (Å²) in [5.74, 6) is 0. The topological polar surface area (TPSA) is 55.2 Å². The van der Waals surface area contributed by atoms with Crippen LogP contribution in [-0.2, 0) is 0 Å². The Bertz CT molecular complexity index is 203. The predicted molar refractivity (Wildman–Crippen MR) is 37.7 cm³/mol. The number of hydrogen-bond acceptors (Lipinski definition) is 4. The molecule has 0 radical (unpaired) electrons. The van der Waals surface area contributed by atoms with Crippen molar-refractivity contribution in [1.29, 1.82) is 0 Å². The molecule has 0 aliphatic heterocycles. The fraction of sp³-hybridized carbons (Fsp3) is 0.500. The third-order valence-electron chi connectivity index (χ3n) is 0.566. The average Bonchev–Trinajstić information content (AvgIpc) is 1.82. The van der Waals surface area contributed by atoms with Crippen molar-refractivity contribution in [1.82, 2.24) is 5.32 Å². The summed E-state index contributed by atoms with van der Waals surface area (Å²) in [6, 6.07) is 0. The molecule has 0 unspecified atom stereocenters. The first-order valence-corrected chi connectivity index (χ1v) is 3.25. The SMILES string of the molecule is [2H]C([2H])([2H])N/C(=C\[N+](=O)[O-])SC. The third kappa shape index (κ3) is 3.84. The van der Waals surface area contributed by atoms with Gasteiger partial charge in [0.25, 0.3) is 6.20 Å². The quantitative estimate of drug-likeness (QED) is 0.475. The molecule has 9 heavy (non-hydrogen) atoms. The van der Waals surface area contributed by atoms with Crippen LogP contribution in [0.3, 0.4) is 0 Å². The Labute approximate surface area is 61.7 Å². The van der Waals surface area contributed by atoms with Crippen LogP contribution in [0.2, 0.25) is 0 Å². The zero-order valence-corrected chi connectivity index (χ0v) is 5.57. The number of nitro groups is 1. The Hall–Kier alpha value is -0.710. The van der Waals surface area contributed by atoms with Crippen LogP contribution in [-0.4, -0.2) is 18.2 Å². The normalized spacial score (nSPS) is 17.4. The van der Waals surface area contributed by atoms with Crippen LogP contribution in [0.15, 0.2) is 11.2 Å². The lowest BCUT2D eigenvalue weighted by molar-refractivity contribution is -0.403. The average molecular weight is 151 g/mol. The minimum Gasteiger partial charge on any atom is -0.378 e. The second-order valence-corrected chi connectivity index (χ2v) is 1.96. The summed E-state index contributed by atoms with van der Waals surface area (Å²) in [4.78, 5) is 9.24. The molecule has 0 aromatic rings. The molecule has 0 atom stereocenters. The van der Waals surface area contributed by atoms with E-state index >= 15 is 0 Å². The van der Waals surface area contributed by atoms with Crippen LogP contribution in [0.5, 0.6) is 0 Å². The smallest absolute Gasteiger partial charge is 0.263 e.